The molecule has 1 aliphatic rings. The monoisotopic (exact) mass is 327 g/mol. The van der Waals surface area contributed by atoms with E-state index in [-0.39, 0.29) is 18.4 Å². The molecule has 22 heavy (non-hydrogen) atoms. The van der Waals surface area contributed by atoms with Gasteiger partial charge >= 0.3 is 5.97 Å². The lowest BCUT2D eigenvalue weighted by atomic mass is 9.94. The highest BCUT2D eigenvalue weighted by atomic mass is 35.5. The number of carbonyl (C=O) groups is 1. The zero-order valence-corrected chi connectivity index (χ0v) is 14.8. The van der Waals surface area contributed by atoms with Gasteiger partial charge in [0.2, 0.25) is 0 Å². The molecule has 2 atom stereocenters. The largest absolute Gasteiger partial charge is 0.465 e. The molecular weight excluding hydrogens is 302 g/mol. The minimum atomic E-state index is -0.318. The number of methoxy groups -OCH3 is 1. The van der Waals surface area contributed by atoms with Gasteiger partial charge in [0, 0.05) is 13.1 Å². The predicted molar refractivity (Wildman–Crippen MR) is 91.1 cm³/mol. The third-order valence-electron chi connectivity index (χ3n) is 4.37. The van der Waals surface area contributed by atoms with Crippen LogP contribution in [0.3, 0.4) is 0 Å². The molecule has 2 unspecified atom stereocenters. The van der Waals surface area contributed by atoms with Crippen molar-refractivity contribution < 1.29 is 9.53 Å². The molecule has 6 heteroatoms. The van der Waals surface area contributed by atoms with E-state index in [1.54, 1.807) is 0 Å². The summed E-state index contributed by atoms with van der Waals surface area (Å²) in [4.78, 5) is 18.7. The standard InChI is InChI=1S/C16H25N3O2.ClH/c1-10-8-14(18-12(3)15(10)16(20)21-5)19(4)13-6-7-17-9-11(13)2;/h8,11,13,17H,6-7,9H2,1-5H3;1H. The number of aromatic nitrogens is 1. The van der Waals surface area contributed by atoms with Gasteiger partial charge in [-0.2, -0.15) is 0 Å². The van der Waals surface area contributed by atoms with Gasteiger partial charge in [0.25, 0.3) is 0 Å². The molecule has 0 aromatic carbocycles. The number of aryl methyl sites for hydroxylation is 2. The Morgan fingerprint density at radius 2 is 2.14 bits per heavy atom. The van der Waals surface area contributed by atoms with Crippen LogP contribution in [0.5, 0.6) is 0 Å². The number of nitrogens with one attached hydrogen (secondary N) is 1. The quantitative estimate of drug-likeness (QED) is 0.864. The van der Waals surface area contributed by atoms with Crippen LogP contribution in [0.4, 0.5) is 5.82 Å². The Kier molecular flexibility index (Phi) is 6.63. The van der Waals surface area contributed by atoms with Crippen molar-refractivity contribution in [3.63, 3.8) is 0 Å². The maximum atomic E-state index is 11.8. The maximum Gasteiger partial charge on any atom is 0.339 e. The van der Waals surface area contributed by atoms with Crippen molar-refractivity contribution in [1.29, 1.82) is 0 Å². The van der Waals surface area contributed by atoms with Crippen molar-refractivity contribution >= 4 is 24.2 Å². The van der Waals surface area contributed by atoms with Gasteiger partial charge in [-0.15, -0.1) is 12.4 Å². The normalized spacial score (nSPS) is 21.0. The molecule has 2 heterocycles. The number of pyridine rings is 1. The summed E-state index contributed by atoms with van der Waals surface area (Å²) in [6, 6.07) is 2.45. The van der Waals surface area contributed by atoms with Crippen molar-refractivity contribution in [2.75, 3.05) is 32.1 Å². The van der Waals surface area contributed by atoms with Crippen molar-refractivity contribution in [3.8, 4) is 0 Å². The number of halogens is 1. The first-order valence-corrected chi connectivity index (χ1v) is 7.45. The van der Waals surface area contributed by atoms with E-state index in [9.17, 15) is 4.79 Å². The summed E-state index contributed by atoms with van der Waals surface area (Å²) in [6.45, 7) is 8.13. The average Bonchev–Trinajstić information content (AvgIpc) is 2.46. The van der Waals surface area contributed by atoms with E-state index in [1.165, 1.54) is 7.11 Å². The molecule has 124 valence electrons. The molecule has 1 aromatic rings. The van der Waals surface area contributed by atoms with E-state index < -0.39 is 0 Å². The summed E-state index contributed by atoms with van der Waals surface area (Å²) in [7, 11) is 3.49. The molecule has 5 nitrogen and oxygen atoms in total. The van der Waals surface area contributed by atoms with Gasteiger partial charge in [0.05, 0.1) is 18.4 Å². The number of hydrogen-bond donors (Lipinski definition) is 1. The molecule has 0 amide bonds. The number of ether oxygens (including phenoxy) is 1. The van der Waals surface area contributed by atoms with Crippen molar-refractivity contribution in [3.05, 3.63) is 22.9 Å². The first-order chi connectivity index (χ1) is 9.95. The molecule has 1 N–H and O–H groups in total. The van der Waals surface area contributed by atoms with Crippen molar-refractivity contribution in [2.24, 2.45) is 5.92 Å². The molecule has 1 aliphatic heterocycles. The maximum absolute atomic E-state index is 11.8. The van der Waals surface area contributed by atoms with E-state index >= 15 is 0 Å². The van der Waals surface area contributed by atoms with E-state index in [1.807, 2.05) is 19.9 Å². The highest BCUT2D eigenvalue weighted by molar-refractivity contribution is 5.92. The van der Waals surface area contributed by atoms with Crippen LogP contribution in [0.15, 0.2) is 6.07 Å². The first-order valence-electron chi connectivity index (χ1n) is 7.45. The Labute approximate surface area is 138 Å². The minimum absolute atomic E-state index is 0. The van der Waals surface area contributed by atoms with Crippen LogP contribution in [0, 0.1) is 19.8 Å². The third kappa shape index (κ3) is 3.70. The second kappa shape index (κ2) is 7.79. The van der Waals surface area contributed by atoms with E-state index in [4.69, 9.17) is 4.74 Å². The Morgan fingerprint density at radius 1 is 1.45 bits per heavy atom. The number of piperidine rings is 1. The molecule has 0 aliphatic carbocycles. The molecular formula is C16H26ClN3O2. The summed E-state index contributed by atoms with van der Waals surface area (Å²) >= 11 is 0. The second-order valence-electron chi connectivity index (χ2n) is 5.90. The average molecular weight is 328 g/mol. The van der Waals surface area contributed by atoms with E-state index in [2.05, 4.69) is 29.2 Å². The fourth-order valence-corrected chi connectivity index (χ4v) is 3.15. The summed E-state index contributed by atoms with van der Waals surface area (Å²) in [5.74, 6) is 1.18. The van der Waals surface area contributed by atoms with Crippen LogP contribution in [-0.4, -0.2) is 44.2 Å². The highest BCUT2D eigenvalue weighted by Crippen LogP contribution is 2.25. The predicted octanol–water partition coefficient (Wildman–Crippen LogP) is 2.34. The lowest BCUT2D eigenvalue weighted by Crippen LogP contribution is -2.47. The van der Waals surface area contributed by atoms with Gasteiger partial charge in [-0.25, -0.2) is 9.78 Å². The SMILES string of the molecule is COC(=O)c1c(C)cc(N(C)C2CCNCC2C)nc1C.Cl. The lowest BCUT2D eigenvalue weighted by Gasteiger charge is -2.37. The molecule has 0 spiro atoms. The Morgan fingerprint density at radius 3 is 2.68 bits per heavy atom. The van der Waals surface area contributed by atoms with Crippen molar-refractivity contribution in [2.45, 2.75) is 33.2 Å². The molecule has 2 rings (SSSR count). The van der Waals surface area contributed by atoms with Crippen LogP contribution in [0.25, 0.3) is 0 Å². The fraction of sp³-hybridized carbons (Fsp3) is 0.625. The number of anilines is 1. The summed E-state index contributed by atoms with van der Waals surface area (Å²) in [6.07, 6.45) is 1.11. The topological polar surface area (TPSA) is 54.5 Å². The lowest BCUT2D eigenvalue weighted by molar-refractivity contribution is 0.0598. The van der Waals surface area contributed by atoms with Crippen LogP contribution in [0.1, 0.15) is 35.0 Å². The van der Waals surface area contributed by atoms with Gasteiger partial charge in [0.15, 0.2) is 0 Å². The number of carbonyl (C=O) groups excluding carboxylic acids is 1. The zero-order valence-electron chi connectivity index (χ0n) is 14.0. The van der Waals surface area contributed by atoms with Crippen LogP contribution in [0.2, 0.25) is 0 Å². The molecule has 0 bridgehead atoms. The van der Waals surface area contributed by atoms with E-state index in [0.717, 1.165) is 36.6 Å². The van der Waals surface area contributed by atoms with Crippen LogP contribution in [-0.2, 0) is 4.74 Å². The Balaban J connectivity index is 0.00000242. The van der Waals surface area contributed by atoms with Crippen molar-refractivity contribution in [1.82, 2.24) is 10.3 Å². The van der Waals surface area contributed by atoms with Gasteiger partial charge in [-0.1, -0.05) is 6.92 Å². The number of esters is 1. The molecule has 0 saturated carbocycles. The number of rotatable bonds is 3. The molecule has 0 radical (unpaired) electrons. The Bertz CT molecular complexity index is 513. The Hall–Kier alpha value is -1.33. The minimum Gasteiger partial charge on any atom is -0.465 e. The fourth-order valence-electron chi connectivity index (χ4n) is 3.15. The summed E-state index contributed by atoms with van der Waals surface area (Å²) in [5.41, 5.74) is 2.22. The summed E-state index contributed by atoms with van der Waals surface area (Å²) < 4.78 is 4.83. The zero-order chi connectivity index (χ0) is 15.6. The van der Waals surface area contributed by atoms with Gasteiger partial charge in [0.1, 0.15) is 5.82 Å². The molecule has 1 saturated heterocycles. The number of hydrogen-bond acceptors (Lipinski definition) is 5. The number of nitrogens with zero attached hydrogens (tertiary/aromatic N) is 2. The first kappa shape index (κ1) is 18.7. The van der Waals surface area contributed by atoms with Crippen LogP contribution >= 0.6 is 12.4 Å². The second-order valence-corrected chi connectivity index (χ2v) is 5.90. The van der Waals surface area contributed by atoms with Crippen LogP contribution < -0.4 is 10.2 Å². The smallest absolute Gasteiger partial charge is 0.339 e. The van der Waals surface area contributed by atoms with Gasteiger partial charge in [-0.05, 0) is 50.9 Å². The molecule has 1 aromatic heterocycles. The van der Waals surface area contributed by atoms with E-state index in [0.29, 0.717) is 17.5 Å². The summed E-state index contributed by atoms with van der Waals surface area (Å²) in [5, 5.41) is 3.42. The van der Waals surface area contributed by atoms with Gasteiger partial charge in [-0.3, -0.25) is 0 Å². The highest BCUT2D eigenvalue weighted by Gasteiger charge is 2.26. The third-order valence-corrected chi connectivity index (χ3v) is 4.37. The molecule has 1 fully saturated rings. The van der Waals surface area contributed by atoms with Gasteiger partial charge < -0.3 is 15.0 Å².